The zero-order chi connectivity index (χ0) is 25.4. The first-order valence-corrected chi connectivity index (χ1v) is 12.2. The van der Waals surface area contributed by atoms with Gasteiger partial charge in [-0.25, -0.2) is 9.97 Å². The maximum atomic E-state index is 12.0. The van der Waals surface area contributed by atoms with E-state index in [1.54, 1.807) is 14.2 Å². The SMILES string of the molecule is COc1cc(OC)cc(-c2cn3c(-c4ccc(C(N)=O)c(C5CC5)c4)cnc3c(NCC(C)C)n2)c1. The molecule has 1 aliphatic carbocycles. The molecule has 3 N–H and O–H groups in total. The number of nitrogens with one attached hydrogen (secondary N) is 1. The molecule has 0 spiro atoms. The number of imidazole rings is 1. The molecule has 8 heteroatoms. The summed E-state index contributed by atoms with van der Waals surface area (Å²) in [4.78, 5) is 21.7. The topological polar surface area (TPSA) is 104 Å². The van der Waals surface area contributed by atoms with Crippen LogP contribution in [0.4, 0.5) is 5.82 Å². The molecule has 1 aliphatic rings. The molecule has 0 atom stereocenters. The van der Waals surface area contributed by atoms with E-state index in [1.165, 1.54) is 0 Å². The van der Waals surface area contributed by atoms with Crippen LogP contribution >= 0.6 is 0 Å². The summed E-state index contributed by atoms with van der Waals surface area (Å²) in [6.07, 6.45) is 5.98. The molecule has 0 radical (unpaired) electrons. The Morgan fingerprint density at radius 3 is 2.44 bits per heavy atom. The van der Waals surface area contributed by atoms with Gasteiger partial charge in [-0.15, -0.1) is 0 Å². The Morgan fingerprint density at radius 1 is 1.11 bits per heavy atom. The summed E-state index contributed by atoms with van der Waals surface area (Å²) in [5, 5.41) is 3.46. The van der Waals surface area contributed by atoms with Crippen molar-refractivity contribution in [3.05, 3.63) is 59.9 Å². The van der Waals surface area contributed by atoms with Crippen molar-refractivity contribution >= 4 is 17.4 Å². The van der Waals surface area contributed by atoms with Crippen LogP contribution in [0, 0.1) is 5.92 Å². The van der Waals surface area contributed by atoms with E-state index < -0.39 is 0 Å². The van der Waals surface area contributed by atoms with Crippen LogP contribution in [-0.2, 0) is 0 Å². The molecular formula is C28H31N5O3. The third-order valence-electron chi connectivity index (χ3n) is 6.45. The zero-order valence-electron chi connectivity index (χ0n) is 21.0. The van der Waals surface area contributed by atoms with Gasteiger partial charge in [0.25, 0.3) is 0 Å². The Balaban J connectivity index is 1.68. The fourth-order valence-corrected chi connectivity index (χ4v) is 4.39. The number of primary amides is 1. The summed E-state index contributed by atoms with van der Waals surface area (Å²) in [5.41, 5.74) is 11.5. The average Bonchev–Trinajstić information content (AvgIpc) is 3.65. The fourth-order valence-electron chi connectivity index (χ4n) is 4.39. The number of rotatable bonds is 9. The van der Waals surface area contributed by atoms with Gasteiger partial charge in [-0.05, 0) is 54.5 Å². The van der Waals surface area contributed by atoms with Crippen molar-refractivity contribution in [3.63, 3.8) is 0 Å². The quantitative estimate of drug-likeness (QED) is 0.341. The van der Waals surface area contributed by atoms with Gasteiger partial charge in [0.2, 0.25) is 5.91 Å². The first-order valence-electron chi connectivity index (χ1n) is 12.2. The number of nitrogens with two attached hydrogens (primary N) is 1. The molecule has 2 aromatic heterocycles. The molecule has 5 rings (SSSR count). The average molecular weight is 486 g/mol. The summed E-state index contributed by atoms with van der Waals surface area (Å²) < 4.78 is 13.0. The summed E-state index contributed by atoms with van der Waals surface area (Å²) >= 11 is 0. The predicted molar refractivity (Wildman–Crippen MR) is 141 cm³/mol. The Labute approximate surface area is 210 Å². The number of ether oxygens (including phenoxy) is 2. The van der Waals surface area contributed by atoms with Gasteiger partial charge in [0.05, 0.1) is 31.8 Å². The largest absolute Gasteiger partial charge is 0.497 e. The maximum absolute atomic E-state index is 12.0. The Bertz CT molecular complexity index is 1420. The zero-order valence-corrected chi connectivity index (χ0v) is 21.0. The lowest BCUT2D eigenvalue weighted by molar-refractivity contribution is 0.0999. The lowest BCUT2D eigenvalue weighted by Crippen LogP contribution is -2.13. The number of aromatic nitrogens is 3. The lowest BCUT2D eigenvalue weighted by atomic mass is 9.98. The summed E-state index contributed by atoms with van der Waals surface area (Å²) in [6, 6.07) is 11.6. The number of methoxy groups -OCH3 is 2. The van der Waals surface area contributed by atoms with E-state index in [9.17, 15) is 4.79 Å². The van der Waals surface area contributed by atoms with E-state index >= 15 is 0 Å². The highest BCUT2D eigenvalue weighted by atomic mass is 16.5. The van der Waals surface area contributed by atoms with Crippen LogP contribution in [0.2, 0.25) is 0 Å². The third-order valence-corrected chi connectivity index (χ3v) is 6.45. The number of hydrogen-bond donors (Lipinski definition) is 2. The number of amides is 1. The van der Waals surface area contributed by atoms with E-state index in [2.05, 4.69) is 25.2 Å². The van der Waals surface area contributed by atoms with Gasteiger partial charge in [-0.2, -0.15) is 0 Å². The highest BCUT2D eigenvalue weighted by Crippen LogP contribution is 2.43. The second-order valence-corrected chi connectivity index (χ2v) is 9.63. The highest BCUT2D eigenvalue weighted by molar-refractivity contribution is 5.95. The molecule has 1 saturated carbocycles. The molecule has 1 fully saturated rings. The third kappa shape index (κ3) is 4.58. The van der Waals surface area contributed by atoms with E-state index in [0.717, 1.165) is 53.1 Å². The number of hydrogen-bond acceptors (Lipinski definition) is 6. The van der Waals surface area contributed by atoms with Crippen LogP contribution in [0.3, 0.4) is 0 Å². The molecule has 36 heavy (non-hydrogen) atoms. The maximum Gasteiger partial charge on any atom is 0.248 e. The van der Waals surface area contributed by atoms with Crippen LogP contribution in [0.5, 0.6) is 11.5 Å². The molecule has 2 aromatic carbocycles. The molecule has 0 saturated heterocycles. The second-order valence-electron chi connectivity index (χ2n) is 9.63. The van der Waals surface area contributed by atoms with Crippen molar-refractivity contribution in [2.45, 2.75) is 32.6 Å². The van der Waals surface area contributed by atoms with E-state index in [-0.39, 0.29) is 5.91 Å². The molecule has 0 bridgehead atoms. The minimum atomic E-state index is -0.389. The number of carbonyl (C=O) groups excluding carboxylic acids is 1. The smallest absolute Gasteiger partial charge is 0.248 e. The first kappa shape index (κ1) is 23.7. The molecule has 186 valence electrons. The summed E-state index contributed by atoms with van der Waals surface area (Å²) in [5.74, 6) is 2.50. The first-order chi connectivity index (χ1) is 17.4. The minimum absolute atomic E-state index is 0.386. The fraction of sp³-hybridized carbons (Fsp3) is 0.321. The number of benzene rings is 2. The molecule has 8 nitrogen and oxygen atoms in total. The number of carbonyl (C=O) groups is 1. The molecular weight excluding hydrogens is 454 g/mol. The number of fused-ring (bicyclic) bond motifs is 1. The Hall–Kier alpha value is -4.07. The second kappa shape index (κ2) is 9.53. The minimum Gasteiger partial charge on any atom is -0.497 e. The van der Waals surface area contributed by atoms with Crippen molar-refractivity contribution in [1.29, 1.82) is 0 Å². The lowest BCUT2D eigenvalue weighted by Gasteiger charge is -2.14. The molecule has 0 unspecified atom stereocenters. The van der Waals surface area contributed by atoms with Gasteiger partial charge < -0.3 is 20.5 Å². The van der Waals surface area contributed by atoms with Crippen LogP contribution < -0.4 is 20.5 Å². The Kier molecular flexibility index (Phi) is 6.26. The standard InChI is InChI=1S/C28H31N5O3/c1-16(2)13-30-27-28-31-14-25(18-7-8-22(26(29)34)23(11-18)17-5-6-17)33(28)15-24(32-27)19-9-20(35-3)12-21(10-19)36-4/h7-12,14-17H,5-6,13H2,1-4H3,(H2,29,34)(H,30,32). The highest BCUT2D eigenvalue weighted by Gasteiger charge is 2.28. The monoisotopic (exact) mass is 485 g/mol. The Morgan fingerprint density at radius 2 is 1.83 bits per heavy atom. The number of nitrogens with zero attached hydrogens (tertiary/aromatic N) is 3. The van der Waals surface area contributed by atoms with Gasteiger partial charge in [-0.1, -0.05) is 19.9 Å². The van der Waals surface area contributed by atoms with Gasteiger partial charge in [-0.3, -0.25) is 9.20 Å². The summed E-state index contributed by atoms with van der Waals surface area (Å²) in [6.45, 7) is 5.06. The van der Waals surface area contributed by atoms with Crippen LogP contribution in [0.15, 0.2) is 48.8 Å². The van der Waals surface area contributed by atoms with Crippen molar-refractivity contribution in [2.75, 3.05) is 26.1 Å². The van der Waals surface area contributed by atoms with E-state index in [1.807, 2.05) is 47.1 Å². The van der Waals surface area contributed by atoms with Crippen LogP contribution in [-0.4, -0.2) is 41.0 Å². The normalized spacial score (nSPS) is 13.2. The molecule has 4 aromatic rings. The van der Waals surface area contributed by atoms with Gasteiger partial charge in [0.1, 0.15) is 11.5 Å². The van der Waals surface area contributed by atoms with Crippen LogP contribution in [0.1, 0.15) is 48.5 Å². The van der Waals surface area contributed by atoms with Crippen molar-refractivity contribution in [2.24, 2.45) is 11.7 Å². The summed E-state index contributed by atoms with van der Waals surface area (Å²) in [7, 11) is 3.26. The van der Waals surface area contributed by atoms with Gasteiger partial charge >= 0.3 is 0 Å². The van der Waals surface area contributed by atoms with Crippen LogP contribution in [0.25, 0.3) is 28.2 Å². The number of anilines is 1. The van der Waals surface area contributed by atoms with Gasteiger partial charge in [0.15, 0.2) is 11.5 Å². The van der Waals surface area contributed by atoms with Crippen molar-refractivity contribution in [1.82, 2.24) is 14.4 Å². The molecule has 1 amide bonds. The molecule has 2 heterocycles. The van der Waals surface area contributed by atoms with Gasteiger partial charge in [0, 0.05) is 35.5 Å². The predicted octanol–water partition coefficient (Wildman–Crippen LogP) is 5.12. The van der Waals surface area contributed by atoms with E-state index in [4.69, 9.17) is 25.2 Å². The van der Waals surface area contributed by atoms with Crippen molar-refractivity contribution in [3.8, 4) is 34.0 Å². The molecule has 0 aliphatic heterocycles. The van der Waals surface area contributed by atoms with Crippen molar-refractivity contribution < 1.29 is 14.3 Å². The van der Waals surface area contributed by atoms with E-state index in [0.29, 0.717) is 34.7 Å².